The topological polar surface area (TPSA) is 122 Å². The van der Waals surface area contributed by atoms with Crippen molar-refractivity contribution in [2.24, 2.45) is 5.92 Å². The predicted molar refractivity (Wildman–Crippen MR) is 76.9 cm³/mol. The smallest absolute Gasteiger partial charge is 0.330 e. The number of aliphatic hydroxyl groups is 1. The van der Waals surface area contributed by atoms with E-state index < -0.39 is 11.2 Å². The minimum atomic E-state index is -0.597. The molecule has 0 saturated carbocycles. The maximum Gasteiger partial charge on any atom is 0.330 e. The minimum Gasteiger partial charge on any atom is -0.394 e. The molecule has 0 aliphatic rings. The molecule has 1 heterocycles. The number of nitrogens with zero attached hydrogens (tertiary/aromatic N) is 1. The Morgan fingerprint density at radius 2 is 2.10 bits per heavy atom. The highest BCUT2D eigenvalue weighted by Crippen LogP contribution is 2.14. The highest BCUT2D eigenvalue weighted by molar-refractivity contribution is 5.61. The average Bonchev–Trinajstić information content (AvgIpc) is 2.38. The van der Waals surface area contributed by atoms with Gasteiger partial charge in [0.05, 0.1) is 25.8 Å². The van der Waals surface area contributed by atoms with Gasteiger partial charge in [0, 0.05) is 7.11 Å². The van der Waals surface area contributed by atoms with Crippen LogP contribution in [0.25, 0.3) is 0 Å². The lowest BCUT2D eigenvalue weighted by molar-refractivity contribution is 0.186. The van der Waals surface area contributed by atoms with Gasteiger partial charge in [-0.1, -0.05) is 13.8 Å². The summed E-state index contributed by atoms with van der Waals surface area (Å²) in [4.78, 5) is 25.7. The molecule has 0 aromatic carbocycles. The number of aliphatic hydroxyl groups excluding tert-OH is 1. The normalized spacial score (nSPS) is 12.7. The largest absolute Gasteiger partial charge is 0.394 e. The molecule has 8 nitrogen and oxygen atoms in total. The Hall–Kier alpha value is -1.80. The van der Waals surface area contributed by atoms with Gasteiger partial charge in [-0.25, -0.2) is 4.79 Å². The summed E-state index contributed by atoms with van der Waals surface area (Å²) < 4.78 is 6.12. The van der Waals surface area contributed by atoms with Crippen molar-refractivity contribution in [1.29, 1.82) is 0 Å². The molecule has 0 aliphatic heterocycles. The molecule has 1 atom stereocenters. The first-order chi connectivity index (χ1) is 9.42. The van der Waals surface area contributed by atoms with E-state index in [1.807, 2.05) is 13.8 Å². The van der Waals surface area contributed by atoms with Crippen LogP contribution in [0.5, 0.6) is 0 Å². The zero-order chi connectivity index (χ0) is 15.3. The molecule has 0 aliphatic carbocycles. The third-order valence-corrected chi connectivity index (χ3v) is 3.09. The fourth-order valence-electron chi connectivity index (χ4n) is 1.74. The molecule has 5 N–H and O–H groups in total. The molecule has 0 fully saturated rings. The fraction of sp³-hybridized carbons (Fsp3) is 0.667. The van der Waals surface area contributed by atoms with Gasteiger partial charge in [0.1, 0.15) is 11.5 Å². The van der Waals surface area contributed by atoms with E-state index in [9.17, 15) is 14.7 Å². The average molecular weight is 286 g/mol. The molecule has 0 bridgehead atoms. The summed E-state index contributed by atoms with van der Waals surface area (Å²) in [6, 6.07) is -0.327. The Kier molecular flexibility index (Phi) is 5.78. The number of nitrogens with two attached hydrogens (primary N) is 1. The van der Waals surface area contributed by atoms with Gasteiger partial charge in [0.15, 0.2) is 0 Å². The summed E-state index contributed by atoms with van der Waals surface area (Å²) in [5.41, 5.74) is 4.78. The molecule has 114 valence electrons. The first-order valence-electron chi connectivity index (χ1n) is 6.41. The van der Waals surface area contributed by atoms with Crippen molar-refractivity contribution in [3.05, 3.63) is 20.8 Å². The van der Waals surface area contributed by atoms with E-state index in [4.69, 9.17) is 10.5 Å². The summed E-state index contributed by atoms with van der Waals surface area (Å²) in [7, 11) is 1.51. The van der Waals surface area contributed by atoms with Crippen molar-refractivity contribution >= 4 is 11.5 Å². The monoisotopic (exact) mass is 286 g/mol. The highest BCUT2D eigenvalue weighted by atomic mass is 16.5. The van der Waals surface area contributed by atoms with E-state index in [0.717, 1.165) is 0 Å². The molecule has 1 aromatic rings. The summed E-state index contributed by atoms with van der Waals surface area (Å²) >= 11 is 0. The number of nitrogen functional groups attached to an aromatic ring is 1. The maximum absolute atomic E-state index is 11.8. The fourth-order valence-corrected chi connectivity index (χ4v) is 1.74. The molecule has 0 amide bonds. The number of anilines is 2. The van der Waals surface area contributed by atoms with E-state index in [1.165, 1.54) is 11.7 Å². The molecule has 0 spiro atoms. The van der Waals surface area contributed by atoms with E-state index in [1.54, 1.807) is 0 Å². The summed E-state index contributed by atoms with van der Waals surface area (Å²) in [6.45, 7) is 4.19. The van der Waals surface area contributed by atoms with Crippen LogP contribution in [0.15, 0.2) is 9.59 Å². The SMILES string of the molecule is COCCn1c(N)c(N[C@H](CO)C(C)C)c(=O)[nH]c1=O. The van der Waals surface area contributed by atoms with E-state index >= 15 is 0 Å². The Labute approximate surface area is 116 Å². The van der Waals surface area contributed by atoms with Crippen molar-refractivity contribution in [2.75, 3.05) is 31.4 Å². The molecule has 0 saturated heterocycles. The molecule has 20 heavy (non-hydrogen) atoms. The van der Waals surface area contributed by atoms with Crippen molar-refractivity contribution in [3.63, 3.8) is 0 Å². The number of aromatic nitrogens is 2. The van der Waals surface area contributed by atoms with Crippen LogP contribution >= 0.6 is 0 Å². The number of aromatic amines is 1. The molecular weight excluding hydrogens is 264 g/mol. The first kappa shape index (κ1) is 16.3. The number of hydrogen-bond donors (Lipinski definition) is 4. The first-order valence-corrected chi connectivity index (χ1v) is 6.41. The quantitative estimate of drug-likeness (QED) is 0.520. The van der Waals surface area contributed by atoms with Gasteiger partial charge in [-0.15, -0.1) is 0 Å². The standard InChI is InChI=1S/C12H22N4O4/c1-7(2)8(6-17)14-9-10(13)16(4-5-20-3)12(19)15-11(9)18/h7-8,14,17H,4-6,13H2,1-3H3,(H,15,18,19)/t8-/m1/s1. The maximum atomic E-state index is 11.8. The van der Waals surface area contributed by atoms with Gasteiger partial charge >= 0.3 is 5.69 Å². The van der Waals surface area contributed by atoms with Crippen LogP contribution in [-0.2, 0) is 11.3 Å². The highest BCUT2D eigenvalue weighted by Gasteiger charge is 2.18. The van der Waals surface area contributed by atoms with Crippen LogP contribution in [0.3, 0.4) is 0 Å². The molecule has 8 heteroatoms. The van der Waals surface area contributed by atoms with Crippen LogP contribution in [0, 0.1) is 5.92 Å². The van der Waals surface area contributed by atoms with Gasteiger partial charge in [-0.2, -0.15) is 0 Å². The number of methoxy groups -OCH3 is 1. The molecule has 1 aromatic heterocycles. The predicted octanol–water partition coefficient (Wildman–Crippen LogP) is -0.806. The second kappa shape index (κ2) is 7.11. The number of hydrogen-bond acceptors (Lipinski definition) is 6. The number of nitrogens with one attached hydrogen (secondary N) is 2. The molecule has 0 unspecified atom stereocenters. The van der Waals surface area contributed by atoms with Crippen LogP contribution in [0.2, 0.25) is 0 Å². The lowest BCUT2D eigenvalue weighted by Gasteiger charge is -2.22. The third kappa shape index (κ3) is 3.61. The molecule has 0 radical (unpaired) electrons. The zero-order valence-corrected chi connectivity index (χ0v) is 12.0. The Bertz CT molecular complexity index is 549. The molecular formula is C12H22N4O4. The summed E-state index contributed by atoms with van der Waals surface area (Å²) in [6.07, 6.45) is 0. The van der Waals surface area contributed by atoms with Gasteiger partial charge in [0.2, 0.25) is 0 Å². The lowest BCUT2D eigenvalue weighted by atomic mass is 10.1. The van der Waals surface area contributed by atoms with Gasteiger partial charge in [-0.05, 0) is 5.92 Å². The van der Waals surface area contributed by atoms with Crippen molar-refractivity contribution < 1.29 is 9.84 Å². The minimum absolute atomic E-state index is 0.0369. The van der Waals surface area contributed by atoms with Crippen LogP contribution in [-0.4, -0.2) is 41.0 Å². The third-order valence-electron chi connectivity index (χ3n) is 3.09. The van der Waals surface area contributed by atoms with Crippen LogP contribution in [0.1, 0.15) is 13.8 Å². The van der Waals surface area contributed by atoms with E-state index in [0.29, 0.717) is 6.61 Å². The zero-order valence-electron chi connectivity index (χ0n) is 12.0. The Balaban J connectivity index is 3.19. The number of ether oxygens (including phenoxy) is 1. The van der Waals surface area contributed by atoms with Gasteiger partial charge in [-0.3, -0.25) is 14.3 Å². The van der Waals surface area contributed by atoms with Crippen molar-refractivity contribution in [2.45, 2.75) is 26.4 Å². The van der Waals surface area contributed by atoms with Crippen LogP contribution < -0.4 is 22.3 Å². The lowest BCUT2D eigenvalue weighted by Crippen LogP contribution is -2.38. The van der Waals surface area contributed by atoms with Gasteiger partial charge < -0.3 is 20.9 Å². The van der Waals surface area contributed by atoms with E-state index in [2.05, 4.69) is 10.3 Å². The number of rotatable bonds is 7. The molecule has 1 rings (SSSR count). The second-order valence-corrected chi connectivity index (χ2v) is 4.84. The van der Waals surface area contributed by atoms with Crippen LogP contribution in [0.4, 0.5) is 11.5 Å². The van der Waals surface area contributed by atoms with Crippen molar-refractivity contribution in [1.82, 2.24) is 9.55 Å². The van der Waals surface area contributed by atoms with E-state index in [-0.39, 0.29) is 36.6 Å². The summed E-state index contributed by atoms with van der Waals surface area (Å²) in [5, 5.41) is 12.2. The van der Waals surface area contributed by atoms with Crippen molar-refractivity contribution in [3.8, 4) is 0 Å². The second-order valence-electron chi connectivity index (χ2n) is 4.84. The number of H-pyrrole nitrogens is 1. The summed E-state index contributed by atoms with van der Waals surface area (Å²) in [5.74, 6) is 0.132. The Morgan fingerprint density at radius 1 is 1.45 bits per heavy atom. The Morgan fingerprint density at radius 3 is 2.60 bits per heavy atom. The van der Waals surface area contributed by atoms with Gasteiger partial charge in [0.25, 0.3) is 5.56 Å².